The van der Waals surface area contributed by atoms with Crippen LogP contribution in [0.5, 0.6) is 11.5 Å². The Labute approximate surface area is 163 Å². The molecule has 0 saturated heterocycles. The zero-order valence-corrected chi connectivity index (χ0v) is 15.8. The molecule has 0 spiro atoms. The van der Waals surface area contributed by atoms with Crippen molar-refractivity contribution in [2.24, 2.45) is 0 Å². The molecule has 0 radical (unpaired) electrons. The average Bonchev–Trinajstić information content (AvgIpc) is 2.74. The Kier molecular flexibility index (Phi) is 6.41. The number of para-hydroxylation sites is 1. The van der Waals surface area contributed by atoms with Gasteiger partial charge in [0.25, 0.3) is 5.91 Å². The lowest BCUT2D eigenvalue weighted by atomic mass is 10.1. The summed E-state index contributed by atoms with van der Waals surface area (Å²) < 4.78 is 10.5. The molecule has 0 bridgehead atoms. The van der Waals surface area contributed by atoms with Crippen molar-refractivity contribution in [3.63, 3.8) is 0 Å². The summed E-state index contributed by atoms with van der Waals surface area (Å²) in [7, 11) is 3.24. The van der Waals surface area contributed by atoms with Crippen molar-refractivity contribution >= 4 is 17.5 Å². The fraction of sp³-hybridized carbons (Fsp3) is 0.190. The van der Waals surface area contributed by atoms with Gasteiger partial charge in [0.15, 0.2) is 0 Å². The van der Waals surface area contributed by atoms with Crippen LogP contribution in [0.1, 0.15) is 15.9 Å². The number of benzene rings is 2. The maximum Gasteiger partial charge on any atom is 0.254 e. The lowest BCUT2D eigenvalue weighted by Gasteiger charge is -2.09. The fourth-order valence-electron chi connectivity index (χ4n) is 2.66. The average molecular weight is 378 g/mol. The number of carbonyl (C=O) groups excluding carboxylic acids is 1. The second-order valence-electron chi connectivity index (χ2n) is 5.97. The van der Waals surface area contributed by atoms with Crippen LogP contribution >= 0.6 is 0 Å². The number of nitrogens with zero attached hydrogens (tertiary/aromatic N) is 2. The van der Waals surface area contributed by atoms with Gasteiger partial charge in [0.2, 0.25) is 5.95 Å². The topological polar surface area (TPSA) is 85.4 Å². The molecule has 2 aromatic carbocycles. The van der Waals surface area contributed by atoms with Crippen molar-refractivity contribution < 1.29 is 14.3 Å². The summed E-state index contributed by atoms with van der Waals surface area (Å²) in [5, 5.41) is 5.95. The molecule has 7 heteroatoms. The molecule has 0 aliphatic carbocycles. The third kappa shape index (κ3) is 4.97. The number of methoxy groups -OCH3 is 2. The van der Waals surface area contributed by atoms with E-state index in [9.17, 15) is 4.79 Å². The van der Waals surface area contributed by atoms with Crippen LogP contribution in [0.3, 0.4) is 0 Å². The summed E-state index contributed by atoms with van der Waals surface area (Å²) >= 11 is 0. The number of ether oxygens (including phenoxy) is 2. The van der Waals surface area contributed by atoms with Crippen molar-refractivity contribution in [3.05, 3.63) is 72.1 Å². The van der Waals surface area contributed by atoms with E-state index in [-0.39, 0.29) is 5.91 Å². The quantitative estimate of drug-likeness (QED) is 0.626. The molecule has 1 heterocycles. The van der Waals surface area contributed by atoms with E-state index in [2.05, 4.69) is 20.6 Å². The third-order valence-corrected chi connectivity index (χ3v) is 4.11. The lowest BCUT2D eigenvalue weighted by Crippen LogP contribution is -2.26. The SMILES string of the molecule is COc1cccc(Nc2ncc(C(=O)NCCc3ccccc3OC)cn2)c1. The first-order chi connectivity index (χ1) is 13.7. The minimum Gasteiger partial charge on any atom is -0.497 e. The van der Waals surface area contributed by atoms with Gasteiger partial charge in [0.1, 0.15) is 11.5 Å². The number of hydrogen-bond acceptors (Lipinski definition) is 6. The number of rotatable bonds is 8. The summed E-state index contributed by atoms with van der Waals surface area (Å²) in [4.78, 5) is 20.7. The number of carbonyl (C=O) groups is 1. The maximum absolute atomic E-state index is 12.3. The van der Waals surface area contributed by atoms with Crippen LogP contribution < -0.4 is 20.1 Å². The first kappa shape index (κ1) is 19.2. The summed E-state index contributed by atoms with van der Waals surface area (Å²) in [5.74, 6) is 1.73. The lowest BCUT2D eigenvalue weighted by molar-refractivity contribution is 0.0953. The third-order valence-electron chi connectivity index (χ3n) is 4.11. The smallest absolute Gasteiger partial charge is 0.254 e. The molecule has 0 aliphatic heterocycles. The van der Waals surface area contributed by atoms with Gasteiger partial charge in [-0.2, -0.15) is 0 Å². The largest absolute Gasteiger partial charge is 0.497 e. The number of hydrogen-bond donors (Lipinski definition) is 2. The highest BCUT2D eigenvalue weighted by Crippen LogP contribution is 2.19. The van der Waals surface area contributed by atoms with E-state index in [4.69, 9.17) is 9.47 Å². The van der Waals surface area contributed by atoms with Crippen LogP contribution in [-0.4, -0.2) is 36.6 Å². The molecule has 0 aliphatic rings. The molecule has 28 heavy (non-hydrogen) atoms. The molecule has 1 amide bonds. The molecule has 3 aromatic rings. The zero-order chi connectivity index (χ0) is 19.8. The Balaban J connectivity index is 1.54. The van der Waals surface area contributed by atoms with E-state index in [0.717, 1.165) is 22.7 Å². The summed E-state index contributed by atoms with van der Waals surface area (Å²) in [6.07, 6.45) is 3.66. The maximum atomic E-state index is 12.3. The number of aromatic nitrogens is 2. The Morgan fingerprint density at radius 1 is 1.00 bits per heavy atom. The molecule has 0 atom stereocenters. The highest BCUT2D eigenvalue weighted by molar-refractivity contribution is 5.93. The molecule has 7 nitrogen and oxygen atoms in total. The van der Waals surface area contributed by atoms with Crippen molar-refractivity contribution in [2.45, 2.75) is 6.42 Å². The van der Waals surface area contributed by atoms with E-state index in [0.29, 0.717) is 24.5 Å². The monoisotopic (exact) mass is 378 g/mol. The van der Waals surface area contributed by atoms with Gasteiger partial charge in [0.05, 0.1) is 19.8 Å². The van der Waals surface area contributed by atoms with Crippen LogP contribution in [0.4, 0.5) is 11.6 Å². The van der Waals surface area contributed by atoms with Gasteiger partial charge in [-0.1, -0.05) is 24.3 Å². The van der Waals surface area contributed by atoms with E-state index < -0.39 is 0 Å². The normalized spacial score (nSPS) is 10.2. The molecular weight excluding hydrogens is 356 g/mol. The van der Waals surface area contributed by atoms with E-state index in [1.54, 1.807) is 14.2 Å². The van der Waals surface area contributed by atoms with Gasteiger partial charge in [0, 0.05) is 30.7 Å². The van der Waals surface area contributed by atoms with Crippen molar-refractivity contribution in [1.82, 2.24) is 15.3 Å². The number of nitrogens with one attached hydrogen (secondary N) is 2. The van der Waals surface area contributed by atoms with Gasteiger partial charge in [-0.3, -0.25) is 4.79 Å². The molecule has 144 valence electrons. The molecule has 0 unspecified atom stereocenters. The Bertz CT molecular complexity index is 929. The van der Waals surface area contributed by atoms with Crippen LogP contribution in [0, 0.1) is 0 Å². The number of amides is 1. The standard InChI is InChI=1S/C21H22N4O3/c1-27-18-8-5-7-17(12-18)25-21-23-13-16(14-24-21)20(26)22-11-10-15-6-3-4-9-19(15)28-2/h3-9,12-14H,10-11H2,1-2H3,(H,22,26)(H,23,24,25). The minimum absolute atomic E-state index is 0.220. The highest BCUT2D eigenvalue weighted by Gasteiger charge is 2.08. The fourth-order valence-corrected chi connectivity index (χ4v) is 2.66. The van der Waals surface area contributed by atoms with Crippen LogP contribution in [0.25, 0.3) is 0 Å². The number of anilines is 2. The predicted molar refractivity (Wildman–Crippen MR) is 107 cm³/mol. The molecular formula is C21H22N4O3. The van der Waals surface area contributed by atoms with Crippen LogP contribution in [0.15, 0.2) is 60.9 Å². The van der Waals surface area contributed by atoms with Crippen molar-refractivity contribution in [3.8, 4) is 11.5 Å². The summed E-state index contributed by atoms with van der Waals surface area (Å²) in [6, 6.07) is 15.2. The molecule has 2 N–H and O–H groups in total. The van der Waals surface area contributed by atoms with Crippen molar-refractivity contribution in [1.29, 1.82) is 0 Å². The molecule has 0 fully saturated rings. The summed E-state index contributed by atoms with van der Waals surface area (Å²) in [6.45, 7) is 0.489. The first-order valence-corrected chi connectivity index (χ1v) is 8.83. The molecule has 1 aromatic heterocycles. The van der Waals surface area contributed by atoms with Gasteiger partial charge in [-0.15, -0.1) is 0 Å². The molecule has 0 saturated carbocycles. The summed E-state index contributed by atoms with van der Waals surface area (Å²) in [5.41, 5.74) is 2.24. The minimum atomic E-state index is -0.220. The second kappa shape index (κ2) is 9.36. The highest BCUT2D eigenvalue weighted by atomic mass is 16.5. The van der Waals surface area contributed by atoms with Crippen LogP contribution in [-0.2, 0) is 6.42 Å². The van der Waals surface area contributed by atoms with E-state index in [1.165, 1.54) is 12.4 Å². The first-order valence-electron chi connectivity index (χ1n) is 8.83. The molecule has 3 rings (SSSR count). The zero-order valence-electron chi connectivity index (χ0n) is 15.8. The Morgan fingerprint density at radius 2 is 1.79 bits per heavy atom. The van der Waals surface area contributed by atoms with Gasteiger partial charge >= 0.3 is 0 Å². The van der Waals surface area contributed by atoms with Crippen molar-refractivity contribution in [2.75, 3.05) is 26.1 Å². The Morgan fingerprint density at radius 3 is 2.54 bits per heavy atom. The Hall–Kier alpha value is -3.61. The van der Waals surface area contributed by atoms with Gasteiger partial charge < -0.3 is 20.1 Å². The van der Waals surface area contributed by atoms with Gasteiger partial charge in [-0.05, 0) is 30.2 Å². The van der Waals surface area contributed by atoms with E-state index in [1.807, 2.05) is 48.5 Å². The predicted octanol–water partition coefficient (Wildman–Crippen LogP) is 3.21. The van der Waals surface area contributed by atoms with Gasteiger partial charge in [-0.25, -0.2) is 9.97 Å². The van der Waals surface area contributed by atoms with E-state index >= 15 is 0 Å². The second-order valence-corrected chi connectivity index (χ2v) is 5.97. The van der Waals surface area contributed by atoms with Crippen LogP contribution in [0.2, 0.25) is 0 Å².